The summed E-state index contributed by atoms with van der Waals surface area (Å²) in [6.07, 6.45) is -0.0354. The van der Waals surface area contributed by atoms with Gasteiger partial charge >= 0.3 is 5.97 Å². The summed E-state index contributed by atoms with van der Waals surface area (Å²) >= 11 is 0. The number of hydrogen-bond acceptors (Lipinski definition) is 2. The number of halogens is 2. The molecule has 3 N–H and O–H groups in total. The molecule has 0 aliphatic rings. The fourth-order valence-corrected chi connectivity index (χ4v) is 1.63. The van der Waals surface area contributed by atoms with Gasteiger partial charge < -0.3 is 10.8 Å². The van der Waals surface area contributed by atoms with Crippen LogP contribution in [0.4, 0.5) is 8.78 Å². The van der Waals surface area contributed by atoms with Crippen molar-refractivity contribution in [3.8, 4) is 0 Å². The van der Waals surface area contributed by atoms with Gasteiger partial charge in [-0.3, -0.25) is 4.79 Å². The Balaban J connectivity index is 2.97. The lowest BCUT2D eigenvalue weighted by Gasteiger charge is -2.18. The molecule has 0 saturated heterocycles. The molecule has 0 spiro atoms. The predicted octanol–water partition coefficient (Wildman–Crippen LogP) is 2.89. The molecule has 0 aliphatic heterocycles. The summed E-state index contributed by atoms with van der Waals surface area (Å²) in [7, 11) is 0. The van der Waals surface area contributed by atoms with Crippen LogP contribution < -0.4 is 5.73 Å². The first-order valence-electron chi connectivity index (χ1n) is 5.68. The lowest BCUT2D eigenvalue weighted by Crippen LogP contribution is -2.16. The molecular formula is C13H17F2NO2. The number of carbonyl (C=O) groups is 1. The van der Waals surface area contributed by atoms with Gasteiger partial charge in [-0.05, 0) is 38.0 Å². The molecule has 0 aromatic heterocycles. The molecule has 18 heavy (non-hydrogen) atoms. The van der Waals surface area contributed by atoms with Crippen LogP contribution in [0.25, 0.3) is 0 Å². The van der Waals surface area contributed by atoms with Gasteiger partial charge in [0.05, 0.1) is 0 Å². The second-order valence-corrected chi connectivity index (χ2v) is 4.75. The molecular weight excluding hydrogens is 240 g/mol. The highest BCUT2D eigenvalue weighted by Crippen LogP contribution is 2.29. The van der Waals surface area contributed by atoms with E-state index in [1.807, 2.05) is 0 Å². The van der Waals surface area contributed by atoms with Crippen molar-refractivity contribution in [1.29, 1.82) is 0 Å². The first-order valence-corrected chi connectivity index (χ1v) is 5.68. The highest BCUT2D eigenvalue weighted by molar-refractivity contribution is 5.66. The van der Waals surface area contributed by atoms with E-state index < -0.39 is 23.5 Å². The molecule has 3 nitrogen and oxygen atoms in total. The van der Waals surface area contributed by atoms with Crippen molar-refractivity contribution in [3.05, 3.63) is 35.1 Å². The monoisotopic (exact) mass is 257 g/mol. The highest BCUT2D eigenvalue weighted by atomic mass is 19.1. The number of aliphatic carboxylic acids is 1. The van der Waals surface area contributed by atoms with Crippen molar-refractivity contribution >= 4 is 5.97 Å². The zero-order chi connectivity index (χ0) is 13.9. The van der Waals surface area contributed by atoms with Crippen LogP contribution in [0, 0.1) is 5.82 Å². The van der Waals surface area contributed by atoms with Crippen LogP contribution in [0.3, 0.4) is 0 Å². The fraction of sp³-hybridized carbons (Fsp3) is 0.462. The molecule has 0 saturated carbocycles. The van der Waals surface area contributed by atoms with Crippen LogP contribution in [0.5, 0.6) is 0 Å². The maximum atomic E-state index is 13.8. The second kappa shape index (κ2) is 5.44. The molecule has 0 amide bonds. The van der Waals surface area contributed by atoms with Gasteiger partial charge in [0.25, 0.3) is 0 Å². The Labute approximate surface area is 105 Å². The summed E-state index contributed by atoms with van der Waals surface area (Å²) in [5.41, 5.74) is 4.62. The van der Waals surface area contributed by atoms with E-state index in [0.29, 0.717) is 5.56 Å². The number of carboxylic acid groups (broad SMARTS) is 1. The summed E-state index contributed by atoms with van der Waals surface area (Å²) in [6, 6.07) is 3.14. The predicted molar refractivity (Wildman–Crippen MR) is 64.3 cm³/mol. The molecule has 5 heteroatoms. The molecule has 1 atom stereocenters. The van der Waals surface area contributed by atoms with E-state index in [1.165, 1.54) is 26.0 Å². The first-order chi connectivity index (χ1) is 8.21. The SMILES string of the molecule is CC(C)(F)c1ccc(F)c(C(N)CCC(=O)O)c1. The molecule has 1 aromatic rings. The third-order valence-electron chi connectivity index (χ3n) is 2.75. The summed E-state index contributed by atoms with van der Waals surface area (Å²) in [6.45, 7) is 2.74. The van der Waals surface area contributed by atoms with Gasteiger partial charge in [-0.15, -0.1) is 0 Å². The van der Waals surface area contributed by atoms with Gasteiger partial charge in [0, 0.05) is 18.0 Å². The molecule has 0 heterocycles. The van der Waals surface area contributed by atoms with Crippen LogP contribution >= 0.6 is 0 Å². The van der Waals surface area contributed by atoms with E-state index in [2.05, 4.69) is 0 Å². The van der Waals surface area contributed by atoms with Gasteiger partial charge in [0.1, 0.15) is 11.5 Å². The van der Waals surface area contributed by atoms with Gasteiger partial charge in [0.2, 0.25) is 0 Å². The zero-order valence-electron chi connectivity index (χ0n) is 10.4. The Hall–Kier alpha value is -1.49. The van der Waals surface area contributed by atoms with E-state index in [-0.39, 0.29) is 18.4 Å². The Bertz CT molecular complexity index is 441. The number of benzene rings is 1. The Morgan fingerprint density at radius 2 is 2.11 bits per heavy atom. The third-order valence-corrected chi connectivity index (χ3v) is 2.75. The summed E-state index contributed by atoms with van der Waals surface area (Å²) in [5, 5.41) is 8.55. The average Bonchev–Trinajstić information content (AvgIpc) is 2.24. The normalized spacial score (nSPS) is 13.4. The van der Waals surface area contributed by atoms with E-state index in [9.17, 15) is 13.6 Å². The molecule has 0 radical (unpaired) electrons. The van der Waals surface area contributed by atoms with Gasteiger partial charge in [0.15, 0.2) is 0 Å². The Kier molecular flexibility index (Phi) is 4.40. The molecule has 100 valence electrons. The number of rotatable bonds is 5. The lowest BCUT2D eigenvalue weighted by molar-refractivity contribution is -0.137. The van der Waals surface area contributed by atoms with Crippen molar-refractivity contribution < 1.29 is 18.7 Å². The summed E-state index contributed by atoms with van der Waals surface area (Å²) < 4.78 is 27.3. The third kappa shape index (κ3) is 3.77. The number of carboxylic acids is 1. The standard InChI is InChI=1S/C13H17F2NO2/c1-13(2,15)8-3-4-10(14)9(7-8)11(16)5-6-12(17)18/h3-4,7,11H,5-6,16H2,1-2H3,(H,17,18). The van der Waals surface area contributed by atoms with Gasteiger partial charge in [-0.1, -0.05) is 6.07 Å². The van der Waals surface area contributed by atoms with E-state index >= 15 is 0 Å². The van der Waals surface area contributed by atoms with Crippen molar-refractivity contribution in [2.45, 2.75) is 38.4 Å². The van der Waals surface area contributed by atoms with Crippen LogP contribution in [-0.2, 0) is 10.5 Å². The highest BCUT2D eigenvalue weighted by Gasteiger charge is 2.22. The molecule has 0 fully saturated rings. The van der Waals surface area contributed by atoms with Crippen LogP contribution in [0.1, 0.15) is 43.9 Å². The lowest BCUT2D eigenvalue weighted by atomic mass is 9.94. The molecule has 1 unspecified atom stereocenters. The first kappa shape index (κ1) is 14.6. The van der Waals surface area contributed by atoms with E-state index in [1.54, 1.807) is 0 Å². The average molecular weight is 257 g/mol. The van der Waals surface area contributed by atoms with Crippen molar-refractivity contribution in [3.63, 3.8) is 0 Å². The van der Waals surface area contributed by atoms with Crippen molar-refractivity contribution in [2.24, 2.45) is 5.73 Å². The van der Waals surface area contributed by atoms with Crippen molar-refractivity contribution in [1.82, 2.24) is 0 Å². The molecule has 0 bridgehead atoms. The topological polar surface area (TPSA) is 63.3 Å². The molecule has 0 aliphatic carbocycles. The van der Waals surface area contributed by atoms with Gasteiger partial charge in [-0.25, -0.2) is 8.78 Å². The minimum atomic E-state index is -1.59. The summed E-state index contributed by atoms with van der Waals surface area (Å²) in [4.78, 5) is 10.4. The minimum Gasteiger partial charge on any atom is -0.481 e. The minimum absolute atomic E-state index is 0.114. The quantitative estimate of drug-likeness (QED) is 0.852. The Morgan fingerprint density at radius 3 is 2.61 bits per heavy atom. The maximum Gasteiger partial charge on any atom is 0.303 e. The van der Waals surface area contributed by atoms with E-state index in [4.69, 9.17) is 10.8 Å². The summed E-state index contributed by atoms with van der Waals surface area (Å²) in [5.74, 6) is -1.53. The van der Waals surface area contributed by atoms with Crippen LogP contribution in [0.2, 0.25) is 0 Å². The molecule has 1 aromatic carbocycles. The largest absolute Gasteiger partial charge is 0.481 e. The number of alkyl halides is 1. The second-order valence-electron chi connectivity index (χ2n) is 4.75. The number of hydrogen-bond donors (Lipinski definition) is 2. The Morgan fingerprint density at radius 1 is 1.50 bits per heavy atom. The number of nitrogens with two attached hydrogens (primary N) is 1. The van der Waals surface area contributed by atoms with E-state index in [0.717, 1.165) is 6.07 Å². The smallest absolute Gasteiger partial charge is 0.303 e. The van der Waals surface area contributed by atoms with Crippen LogP contribution in [-0.4, -0.2) is 11.1 Å². The fourth-order valence-electron chi connectivity index (χ4n) is 1.63. The van der Waals surface area contributed by atoms with Crippen LogP contribution in [0.15, 0.2) is 18.2 Å². The van der Waals surface area contributed by atoms with Crippen molar-refractivity contribution in [2.75, 3.05) is 0 Å². The van der Waals surface area contributed by atoms with Gasteiger partial charge in [-0.2, -0.15) is 0 Å². The molecule has 1 rings (SSSR count). The maximum absolute atomic E-state index is 13.8. The zero-order valence-corrected chi connectivity index (χ0v) is 10.4.